The summed E-state index contributed by atoms with van der Waals surface area (Å²) in [7, 11) is 0. The molecule has 0 radical (unpaired) electrons. The minimum absolute atomic E-state index is 0.746. The molecule has 1 fully saturated rings. The van der Waals surface area contributed by atoms with Crippen molar-refractivity contribution in [1.29, 1.82) is 0 Å². The Morgan fingerprint density at radius 1 is 1.17 bits per heavy atom. The highest BCUT2D eigenvalue weighted by molar-refractivity contribution is 4.86. The second-order valence-electron chi connectivity index (χ2n) is 4.83. The Bertz CT molecular complexity index is 118. The summed E-state index contributed by atoms with van der Waals surface area (Å²) in [5, 5.41) is 0. The minimum Gasteiger partial charge on any atom is -0.0654 e. The maximum absolute atomic E-state index is 2.42. The first-order chi connectivity index (χ1) is 5.71. The Kier molecular flexibility index (Phi) is 3.61. The minimum atomic E-state index is 0.746. The van der Waals surface area contributed by atoms with Gasteiger partial charge in [-0.15, -0.1) is 0 Å². The molecular formula is C12H24. The fraction of sp³-hybridized carbons (Fsp3) is 1.00. The fourth-order valence-corrected chi connectivity index (χ4v) is 2.72. The highest BCUT2D eigenvalue weighted by atomic mass is 14.4. The van der Waals surface area contributed by atoms with Gasteiger partial charge in [0.1, 0.15) is 0 Å². The molecule has 0 aromatic rings. The highest BCUT2D eigenvalue weighted by Crippen LogP contribution is 2.47. The molecule has 0 N–H and O–H groups in total. The van der Waals surface area contributed by atoms with Crippen molar-refractivity contribution in [2.75, 3.05) is 0 Å². The summed E-state index contributed by atoms with van der Waals surface area (Å²) in [6.07, 6.45) is 10.3. The van der Waals surface area contributed by atoms with Crippen LogP contribution < -0.4 is 0 Å². The molecule has 12 heavy (non-hydrogen) atoms. The van der Waals surface area contributed by atoms with E-state index in [4.69, 9.17) is 0 Å². The molecule has 0 unspecified atom stereocenters. The summed E-state index contributed by atoms with van der Waals surface area (Å²) in [4.78, 5) is 0. The monoisotopic (exact) mass is 168 g/mol. The zero-order valence-electron chi connectivity index (χ0n) is 9.03. The van der Waals surface area contributed by atoms with Crippen LogP contribution in [0.5, 0.6) is 0 Å². The van der Waals surface area contributed by atoms with Crippen LogP contribution in [-0.2, 0) is 0 Å². The second-order valence-corrected chi connectivity index (χ2v) is 4.83. The molecule has 0 saturated heterocycles. The summed E-state index contributed by atoms with van der Waals surface area (Å²) in [5.74, 6) is 0.909. The zero-order valence-corrected chi connectivity index (χ0v) is 9.03. The van der Waals surface area contributed by atoms with Crippen molar-refractivity contribution in [2.24, 2.45) is 11.3 Å². The van der Waals surface area contributed by atoms with E-state index in [1.54, 1.807) is 0 Å². The molecule has 0 amide bonds. The van der Waals surface area contributed by atoms with E-state index in [2.05, 4.69) is 20.8 Å². The summed E-state index contributed by atoms with van der Waals surface area (Å²) in [6.45, 7) is 7.14. The van der Waals surface area contributed by atoms with Crippen LogP contribution in [0, 0.1) is 11.3 Å². The maximum atomic E-state index is 2.42. The molecular weight excluding hydrogens is 144 g/mol. The lowest BCUT2D eigenvalue weighted by Crippen LogP contribution is -2.23. The normalized spacial score (nSPS) is 22.0. The smallest absolute Gasteiger partial charge is 0.0274 e. The van der Waals surface area contributed by atoms with E-state index >= 15 is 0 Å². The molecule has 1 aliphatic carbocycles. The predicted molar refractivity (Wildman–Crippen MR) is 55.3 cm³/mol. The Hall–Kier alpha value is 0. The van der Waals surface area contributed by atoms with Gasteiger partial charge in [0, 0.05) is 0 Å². The standard InChI is InChI=1S/C12H24/c1-4-5-8-12(11(2)3)9-6-7-10-12/h11H,4-10H2,1-3H3. The highest BCUT2D eigenvalue weighted by Gasteiger charge is 2.35. The van der Waals surface area contributed by atoms with E-state index in [9.17, 15) is 0 Å². The van der Waals surface area contributed by atoms with Crippen LogP contribution >= 0.6 is 0 Å². The largest absolute Gasteiger partial charge is 0.0654 e. The van der Waals surface area contributed by atoms with Crippen LogP contribution in [0.2, 0.25) is 0 Å². The van der Waals surface area contributed by atoms with Gasteiger partial charge in [0.2, 0.25) is 0 Å². The molecule has 0 heteroatoms. The zero-order chi connectivity index (χ0) is 9.03. The van der Waals surface area contributed by atoms with Crippen molar-refractivity contribution in [3.05, 3.63) is 0 Å². The van der Waals surface area contributed by atoms with Gasteiger partial charge in [-0.2, -0.15) is 0 Å². The lowest BCUT2D eigenvalue weighted by molar-refractivity contribution is 0.174. The molecule has 0 heterocycles. The predicted octanol–water partition coefficient (Wildman–Crippen LogP) is 4.39. The van der Waals surface area contributed by atoms with Gasteiger partial charge in [-0.3, -0.25) is 0 Å². The average Bonchev–Trinajstić information content (AvgIpc) is 2.50. The molecule has 0 bridgehead atoms. The van der Waals surface area contributed by atoms with E-state index in [1.807, 2.05) is 0 Å². The Labute approximate surface area is 77.7 Å². The Morgan fingerprint density at radius 2 is 1.75 bits per heavy atom. The van der Waals surface area contributed by atoms with Crippen molar-refractivity contribution >= 4 is 0 Å². The third kappa shape index (κ3) is 2.02. The van der Waals surface area contributed by atoms with Crippen LogP contribution in [-0.4, -0.2) is 0 Å². The molecule has 72 valence electrons. The van der Waals surface area contributed by atoms with Gasteiger partial charge in [0.15, 0.2) is 0 Å². The maximum Gasteiger partial charge on any atom is -0.0274 e. The van der Waals surface area contributed by atoms with Gasteiger partial charge in [0.25, 0.3) is 0 Å². The molecule has 0 aliphatic heterocycles. The molecule has 1 saturated carbocycles. The van der Waals surface area contributed by atoms with Gasteiger partial charge < -0.3 is 0 Å². The second kappa shape index (κ2) is 4.30. The van der Waals surface area contributed by atoms with Crippen LogP contribution in [0.1, 0.15) is 65.7 Å². The topological polar surface area (TPSA) is 0 Å². The number of rotatable bonds is 4. The third-order valence-corrected chi connectivity index (χ3v) is 3.85. The van der Waals surface area contributed by atoms with E-state index in [0.717, 1.165) is 11.3 Å². The number of hydrogen-bond acceptors (Lipinski definition) is 0. The summed E-state index contributed by atoms with van der Waals surface area (Å²) >= 11 is 0. The molecule has 0 aromatic carbocycles. The van der Waals surface area contributed by atoms with Gasteiger partial charge >= 0.3 is 0 Å². The van der Waals surface area contributed by atoms with Gasteiger partial charge in [-0.05, 0) is 30.6 Å². The number of unbranched alkanes of at least 4 members (excludes halogenated alkanes) is 1. The Balaban J connectivity index is 2.47. The van der Waals surface area contributed by atoms with E-state index < -0.39 is 0 Å². The van der Waals surface area contributed by atoms with Crippen molar-refractivity contribution in [3.63, 3.8) is 0 Å². The Morgan fingerprint density at radius 3 is 2.17 bits per heavy atom. The molecule has 0 aromatic heterocycles. The van der Waals surface area contributed by atoms with Crippen LogP contribution in [0.3, 0.4) is 0 Å². The van der Waals surface area contributed by atoms with Gasteiger partial charge in [0.05, 0.1) is 0 Å². The van der Waals surface area contributed by atoms with Crippen molar-refractivity contribution in [1.82, 2.24) is 0 Å². The SMILES string of the molecule is CCCCC1(C(C)C)CCCC1. The first kappa shape index (κ1) is 10.1. The summed E-state index contributed by atoms with van der Waals surface area (Å²) in [5.41, 5.74) is 0.746. The lowest BCUT2D eigenvalue weighted by Gasteiger charge is -2.33. The molecule has 0 spiro atoms. The van der Waals surface area contributed by atoms with Crippen LogP contribution in [0.15, 0.2) is 0 Å². The van der Waals surface area contributed by atoms with E-state index in [1.165, 1.54) is 44.9 Å². The molecule has 1 aliphatic rings. The third-order valence-electron chi connectivity index (χ3n) is 3.85. The fourth-order valence-electron chi connectivity index (χ4n) is 2.72. The first-order valence-electron chi connectivity index (χ1n) is 5.71. The van der Waals surface area contributed by atoms with Gasteiger partial charge in [-0.1, -0.05) is 46.5 Å². The molecule has 0 atom stereocenters. The van der Waals surface area contributed by atoms with Crippen molar-refractivity contribution < 1.29 is 0 Å². The van der Waals surface area contributed by atoms with Crippen LogP contribution in [0.4, 0.5) is 0 Å². The average molecular weight is 168 g/mol. The van der Waals surface area contributed by atoms with Crippen molar-refractivity contribution in [2.45, 2.75) is 65.7 Å². The lowest BCUT2D eigenvalue weighted by atomic mass is 9.72. The quantitative estimate of drug-likeness (QED) is 0.584. The molecule has 1 rings (SSSR count). The van der Waals surface area contributed by atoms with E-state index in [-0.39, 0.29) is 0 Å². The summed E-state index contributed by atoms with van der Waals surface area (Å²) in [6, 6.07) is 0. The van der Waals surface area contributed by atoms with Gasteiger partial charge in [-0.25, -0.2) is 0 Å². The summed E-state index contributed by atoms with van der Waals surface area (Å²) < 4.78 is 0. The molecule has 0 nitrogen and oxygen atoms in total. The number of hydrogen-bond donors (Lipinski definition) is 0. The van der Waals surface area contributed by atoms with Crippen molar-refractivity contribution in [3.8, 4) is 0 Å². The first-order valence-corrected chi connectivity index (χ1v) is 5.71. The van der Waals surface area contributed by atoms with Crippen LogP contribution in [0.25, 0.3) is 0 Å². The van der Waals surface area contributed by atoms with E-state index in [0.29, 0.717) is 0 Å².